The zero-order valence-corrected chi connectivity index (χ0v) is 11.8. The Morgan fingerprint density at radius 3 is 2.56 bits per heavy atom. The van der Waals surface area contributed by atoms with Gasteiger partial charge in [-0.05, 0) is 40.3 Å². The molecular formula is C15H21N3. The van der Waals surface area contributed by atoms with Crippen LogP contribution in [0.25, 0.3) is 11.3 Å². The van der Waals surface area contributed by atoms with Gasteiger partial charge < -0.3 is 10.3 Å². The van der Waals surface area contributed by atoms with Crippen LogP contribution in [0.4, 0.5) is 0 Å². The lowest BCUT2D eigenvalue weighted by Gasteiger charge is -2.20. The standard InChI is InChI=1S/C15H21N3/c1-10-6-7-12(11(2)8-10)13-9-17-14(18-13)15(3,4)16-5/h6-9,16H,1-5H3,(H,17,18). The molecule has 0 amide bonds. The first-order valence-corrected chi connectivity index (χ1v) is 6.26. The Balaban J connectivity index is 2.41. The van der Waals surface area contributed by atoms with Crippen molar-refractivity contribution in [3.05, 3.63) is 41.3 Å². The summed E-state index contributed by atoms with van der Waals surface area (Å²) in [5.74, 6) is 0.958. The third-order valence-electron chi connectivity index (χ3n) is 3.46. The third-order valence-corrected chi connectivity index (χ3v) is 3.46. The number of hydrogen-bond donors (Lipinski definition) is 2. The largest absolute Gasteiger partial charge is 0.340 e. The second-order valence-electron chi connectivity index (χ2n) is 5.34. The van der Waals surface area contributed by atoms with E-state index in [0.29, 0.717) is 0 Å². The quantitative estimate of drug-likeness (QED) is 0.869. The van der Waals surface area contributed by atoms with Crippen LogP contribution >= 0.6 is 0 Å². The van der Waals surface area contributed by atoms with Crippen LogP contribution in [-0.2, 0) is 5.54 Å². The van der Waals surface area contributed by atoms with Crippen molar-refractivity contribution >= 4 is 0 Å². The molecule has 0 fully saturated rings. The fourth-order valence-corrected chi connectivity index (χ4v) is 2.01. The minimum Gasteiger partial charge on any atom is -0.340 e. The maximum Gasteiger partial charge on any atom is 0.126 e. The predicted molar refractivity (Wildman–Crippen MR) is 75.6 cm³/mol. The van der Waals surface area contributed by atoms with Crippen molar-refractivity contribution < 1.29 is 0 Å². The van der Waals surface area contributed by atoms with Crippen LogP contribution in [0.1, 0.15) is 30.8 Å². The SMILES string of the molecule is CNC(C)(C)c1ncc(-c2ccc(C)cc2C)[nH]1. The van der Waals surface area contributed by atoms with E-state index in [1.165, 1.54) is 16.7 Å². The number of aryl methyl sites for hydroxylation is 2. The molecule has 1 aromatic heterocycles. The third kappa shape index (κ3) is 2.31. The number of H-pyrrole nitrogens is 1. The Labute approximate surface area is 109 Å². The molecule has 0 aliphatic heterocycles. The van der Waals surface area contributed by atoms with Crippen LogP contribution in [0.2, 0.25) is 0 Å². The highest BCUT2D eigenvalue weighted by molar-refractivity contribution is 5.63. The van der Waals surface area contributed by atoms with Crippen molar-refractivity contribution in [1.82, 2.24) is 15.3 Å². The van der Waals surface area contributed by atoms with E-state index in [2.05, 4.69) is 61.2 Å². The normalized spacial score (nSPS) is 11.8. The molecule has 2 N–H and O–H groups in total. The summed E-state index contributed by atoms with van der Waals surface area (Å²) in [6.07, 6.45) is 1.91. The van der Waals surface area contributed by atoms with E-state index in [9.17, 15) is 0 Å². The highest BCUT2D eigenvalue weighted by atomic mass is 15.0. The fourth-order valence-electron chi connectivity index (χ4n) is 2.01. The molecule has 0 aliphatic carbocycles. The van der Waals surface area contributed by atoms with Gasteiger partial charge in [0.2, 0.25) is 0 Å². The average Bonchev–Trinajstić information content (AvgIpc) is 2.79. The summed E-state index contributed by atoms with van der Waals surface area (Å²) < 4.78 is 0. The van der Waals surface area contributed by atoms with E-state index in [1.54, 1.807) is 0 Å². The number of aromatic nitrogens is 2. The first-order chi connectivity index (χ1) is 8.44. The summed E-state index contributed by atoms with van der Waals surface area (Å²) in [5, 5.41) is 3.25. The molecule has 96 valence electrons. The molecule has 0 aliphatic rings. The summed E-state index contributed by atoms with van der Waals surface area (Å²) in [6.45, 7) is 8.46. The molecule has 0 unspecified atom stereocenters. The maximum absolute atomic E-state index is 4.48. The van der Waals surface area contributed by atoms with Crippen molar-refractivity contribution in [2.45, 2.75) is 33.2 Å². The van der Waals surface area contributed by atoms with Gasteiger partial charge >= 0.3 is 0 Å². The molecule has 0 saturated carbocycles. The zero-order valence-electron chi connectivity index (χ0n) is 11.8. The predicted octanol–water partition coefficient (Wildman–Crippen LogP) is 3.15. The molecule has 18 heavy (non-hydrogen) atoms. The van der Waals surface area contributed by atoms with E-state index < -0.39 is 0 Å². The highest BCUT2D eigenvalue weighted by Crippen LogP contribution is 2.25. The number of rotatable bonds is 3. The molecule has 0 spiro atoms. The molecule has 1 heterocycles. The van der Waals surface area contributed by atoms with Crippen LogP contribution < -0.4 is 5.32 Å². The molecule has 3 nitrogen and oxygen atoms in total. The van der Waals surface area contributed by atoms with Crippen LogP contribution in [0.15, 0.2) is 24.4 Å². The van der Waals surface area contributed by atoms with Crippen molar-refractivity contribution in [2.24, 2.45) is 0 Å². The fraction of sp³-hybridized carbons (Fsp3) is 0.400. The van der Waals surface area contributed by atoms with Crippen LogP contribution in [0, 0.1) is 13.8 Å². The Morgan fingerprint density at radius 1 is 1.22 bits per heavy atom. The van der Waals surface area contributed by atoms with Gasteiger partial charge in [0.05, 0.1) is 17.4 Å². The summed E-state index contributed by atoms with van der Waals surface area (Å²) >= 11 is 0. The van der Waals surface area contributed by atoms with Crippen molar-refractivity contribution in [1.29, 1.82) is 0 Å². The van der Waals surface area contributed by atoms with E-state index in [1.807, 2.05) is 13.2 Å². The number of aromatic amines is 1. The molecular weight excluding hydrogens is 222 g/mol. The lowest BCUT2D eigenvalue weighted by Crippen LogP contribution is -2.34. The second kappa shape index (κ2) is 4.58. The average molecular weight is 243 g/mol. The molecule has 2 rings (SSSR count). The number of nitrogens with one attached hydrogen (secondary N) is 2. The maximum atomic E-state index is 4.48. The van der Waals surface area contributed by atoms with Gasteiger partial charge in [0.15, 0.2) is 0 Å². The van der Waals surface area contributed by atoms with Gasteiger partial charge in [0, 0.05) is 5.56 Å². The van der Waals surface area contributed by atoms with E-state index in [-0.39, 0.29) is 5.54 Å². The minimum absolute atomic E-state index is 0.142. The number of imidazole rings is 1. The zero-order chi connectivity index (χ0) is 13.3. The smallest absolute Gasteiger partial charge is 0.126 e. The molecule has 3 heteroatoms. The van der Waals surface area contributed by atoms with Gasteiger partial charge in [-0.2, -0.15) is 0 Å². The van der Waals surface area contributed by atoms with Crippen LogP contribution in [-0.4, -0.2) is 17.0 Å². The lowest BCUT2D eigenvalue weighted by molar-refractivity contribution is 0.421. The lowest BCUT2D eigenvalue weighted by atomic mass is 10.0. The molecule has 0 radical (unpaired) electrons. The van der Waals surface area contributed by atoms with Gasteiger partial charge in [-0.15, -0.1) is 0 Å². The van der Waals surface area contributed by atoms with Gasteiger partial charge in [0.1, 0.15) is 5.82 Å². The highest BCUT2D eigenvalue weighted by Gasteiger charge is 2.21. The summed E-state index contributed by atoms with van der Waals surface area (Å²) in [5.41, 5.74) is 4.70. The Morgan fingerprint density at radius 2 is 1.94 bits per heavy atom. The number of benzene rings is 1. The van der Waals surface area contributed by atoms with E-state index >= 15 is 0 Å². The van der Waals surface area contributed by atoms with Gasteiger partial charge in [-0.3, -0.25) is 0 Å². The Kier molecular flexibility index (Phi) is 3.26. The van der Waals surface area contributed by atoms with Crippen LogP contribution in [0.5, 0.6) is 0 Å². The van der Waals surface area contributed by atoms with Crippen LogP contribution in [0.3, 0.4) is 0 Å². The van der Waals surface area contributed by atoms with Gasteiger partial charge in [-0.1, -0.05) is 23.8 Å². The molecule has 0 saturated heterocycles. The number of nitrogens with zero attached hydrogens (tertiary/aromatic N) is 1. The summed E-state index contributed by atoms with van der Waals surface area (Å²) in [6, 6.07) is 6.47. The Bertz CT molecular complexity index is 553. The second-order valence-corrected chi connectivity index (χ2v) is 5.34. The molecule has 0 atom stereocenters. The van der Waals surface area contributed by atoms with Crippen molar-refractivity contribution in [3.8, 4) is 11.3 Å². The minimum atomic E-state index is -0.142. The van der Waals surface area contributed by atoms with Gasteiger partial charge in [-0.25, -0.2) is 4.98 Å². The van der Waals surface area contributed by atoms with Crippen molar-refractivity contribution in [2.75, 3.05) is 7.05 Å². The summed E-state index contributed by atoms with van der Waals surface area (Å²) in [4.78, 5) is 7.89. The van der Waals surface area contributed by atoms with Crippen molar-refractivity contribution in [3.63, 3.8) is 0 Å². The number of hydrogen-bond acceptors (Lipinski definition) is 2. The monoisotopic (exact) mass is 243 g/mol. The first-order valence-electron chi connectivity index (χ1n) is 6.26. The molecule has 0 bridgehead atoms. The van der Waals surface area contributed by atoms with E-state index in [4.69, 9.17) is 0 Å². The topological polar surface area (TPSA) is 40.7 Å². The molecule has 2 aromatic rings. The first kappa shape index (κ1) is 12.8. The summed E-state index contributed by atoms with van der Waals surface area (Å²) in [7, 11) is 1.94. The van der Waals surface area contributed by atoms with Gasteiger partial charge in [0.25, 0.3) is 0 Å². The molecule has 1 aromatic carbocycles. The Hall–Kier alpha value is -1.61. The van der Waals surface area contributed by atoms with E-state index in [0.717, 1.165) is 11.5 Å².